The molecule has 4 heteroatoms. The van der Waals surface area contributed by atoms with Gasteiger partial charge in [0.25, 0.3) is 11.6 Å². The number of para-hydroxylation sites is 4. The molecule has 0 bridgehead atoms. The van der Waals surface area contributed by atoms with Gasteiger partial charge in [0.15, 0.2) is 22.1 Å². The van der Waals surface area contributed by atoms with Crippen molar-refractivity contribution in [3.63, 3.8) is 0 Å². The number of hydrogen-bond donors (Lipinski definition) is 0. The van der Waals surface area contributed by atoms with E-state index in [1.165, 1.54) is 33.7 Å². The third-order valence-electron chi connectivity index (χ3n) is 5.37. The summed E-state index contributed by atoms with van der Waals surface area (Å²) in [6, 6.07) is 17.3. The Labute approximate surface area is 142 Å². The van der Waals surface area contributed by atoms with Crippen LogP contribution in [0.2, 0.25) is 0 Å². The van der Waals surface area contributed by atoms with Crippen molar-refractivity contribution in [1.29, 1.82) is 0 Å². The Morgan fingerprint density at radius 2 is 1.04 bits per heavy atom. The van der Waals surface area contributed by atoms with Crippen molar-refractivity contribution in [2.24, 2.45) is 14.1 Å². The maximum Gasteiger partial charge on any atom is 0.254 e. The summed E-state index contributed by atoms with van der Waals surface area (Å²) < 4.78 is 9.39. The fourth-order valence-corrected chi connectivity index (χ4v) is 3.78. The highest BCUT2D eigenvalue weighted by Gasteiger charge is 2.22. The van der Waals surface area contributed by atoms with E-state index < -0.39 is 0 Å². The molecular weight excluding hydrogens is 296 g/mol. The van der Waals surface area contributed by atoms with Gasteiger partial charge in [0, 0.05) is 13.8 Å². The normalized spacial score (nSPS) is 11.7. The van der Waals surface area contributed by atoms with E-state index in [9.17, 15) is 0 Å². The minimum Gasteiger partial charge on any atom is -0.230 e. The second kappa shape index (κ2) is 5.48. The molecule has 2 heterocycles. The number of nitrogens with zero attached hydrogens (tertiary/aromatic N) is 4. The number of rotatable bonds is 3. The quantitative estimate of drug-likeness (QED) is 0.516. The number of fused-ring (bicyclic) bond motifs is 2. The molecule has 24 heavy (non-hydrogen) atoms. The highest BCUT2D eigenvalue weighted by atomic mass is 15.2. The van der Waals surface area contributed by atoms with Gasteiger partial charge >= 0.3 is 0 Å². The second-order valence-corrected chi connectivity index (χ2v) is 6.49. The number of aromatic nitrogens is 4. The lowest BCUT2D eigenvalue weighted by atomic mass is 10.3. The van der Waals surface area contributed by atoms with Crippen molar-refractivity contribution in [2.45, 2.75) is 26.9 Å². The first-order chi connectivity index (χ1) is 11.6. The summed E-state index contributed by atoms with van der Waals surface area (Å²) in [5.41, 5.74) is 5.18. The molecule has 0 aliphatic carbocycles. The molecule has 122 valence electrons. The van der Waals surface area contributed by atoms with E-state index in [-0.39, 0.29) is 0 Å². The summed E-state index contributed by atoms with van der Waals surface area (Å²) in [5, 5.41) is 0. The van der Waals surface area contributed by atoms with Crippen LogP contribution in [0.5, 0.6) is 0 Å². The van der Waals surface area contributed by atoms with Gasteiger partial charge in [0.1, 0.15) is 13.1 Å². The van der Waals surface area contributed by atoms with E-state index in [4.69, 9.17) is 0 Å². The summed E-state index contributed by atoms with van der Waals surface area (Å²) in [7, 11) is 4.29. The summed E-state index contributed by atoms with van der Waals surface area (Å²) >= 11 is 0. The van der Waals surface area contributed by atoms with Crippen LogP contribution in [0.25, 0.3) is 22.1 Å². The van der Waals surface area contributed by atoms with E-state index in [2.05, 4.69) is 94.7 Å². The summed E-state index contributed by atoms with van der Waals surface area (Å²) in [5.74, 6) is 2.57. The van der Waals surface area contributed by atoms with Crippen LogP contribution in [-0.2, 0) is 27.2 Å². The van der Waals surface area contributed by atoms with Gasteiger partial charge in [-0.05, 0) is 24.3 Å². The molecule has 4 aromatic rings. The van der Waals surface area contributed by atoms with Crippen LogP contribution in [0.15, 0.2) is 48.5 Å². The van der Waals surface area contributed by atoms with Crippen molar-refractivity contribution in [3.8, 4) is 0 Å². The predicted molar refractivity (Wildman–Crippen MR) is 95.7 cm³/mol. The van der Waals surface area contributed by atoms with Gasteiger partial charge in [-0.15, -0.1) is 0 Å². The first-order valence-corrected chi connectivity index (χ1v) is 8.47. The molecule has 0 fully saturated rings. The molecule has 0 saturated heterocycles. The Bertz CT molecular complexity index is 967. The van der Waals surface area contributed by atoms with E-state index in [1.807, 2.05) is 0 Å². The lowest BCUT2D eigenvalue weighted by Gasteiger charge is -2.01. The van der Waals surface area contributed by atoms with E-state index in [0.29, 0.717) is 0 Å². The van der Waals surface area contributed by atoms with Crippen molar-refractivity contribution in [2.75, 3.05) is 0 Å². The Hall–Kier alpha value is -2.62. The van der Waals surface area contributed by atoms with Crippen LogP contribution >= 0.6 is 0 Å². The topological polar surface area (TPSA) is 17.6 Å². The lowest BCUT2D eigenvalue weighted by Crippen LogP contribution is -2.32. The Morgan fingerprint density at radius 3 is 1.46 bits per heavy atom. The van der Waals surface area contributed by atoms with Gasteiger partial charge in [0.05, 0.1) is 14.1 Å². The first kappa shape index (κ1) is 14.9. The third kappa shape index (κ3) is 2.06. The zero-order valence-electron chi connectivity index (χ0n) is 14.8. The fraction of sp³-hybridized carbons (Fsp3) is 0.300. The largest absolute Gasteiger partial charge is 0.254 e. The van der Waals surface area contributed by atoms with Gasteiger partial charge < -0.3 is 0 Å². The highest BCUT2D eigenvalue weighted by molar-refractivity contribution is 5.73. The molecule has 0 unspecified atom stereocenters. The molecule has 0 atom stereocenters. The molecule has 0 saturated carbocycles. The lowest BCUT2D eigenvalue weighted by molar-refractivity contribution is -0.653. The molecule has 0 radical (unpaired) electrons. The molecule has 0 N–H and O–H groups in total. The van der Waals surface area contributed by atoms with Crippen molar-refractivity contribution < 1.29 is 9.13 Å². The van der Waals surface area contributed by atoms with Crippen molar-refractivity contribution in [3.05, 3.63) is 60.2 Å². The van der Waals surface area contributed by atoms with E-state index in [0.717, 1.165) is 13.1 Å². The molecular formula is C20H24N4+2. The van der Waals surface area contributed by atoms with Gasteiger partial charge in [-0.2, -0.15) is 0 Å². The van der Waals surface area contributed by atoms with E-state index in [1.54, 1.807) is 0 Å². The molecule has 0 aliphatic heterocycles. The molecule has 2 aromatic carbocycles. The number of aryl methyl sites for hydroxylation is 4. The number of imidazole rings is 2. The van der Waals surface area contributed by atoms with Crippen LogP contribution in [0.3, 0.4) is 0 Å². The summed E-state index contributed by atoms with van der Waals surface area (Å²) in [6.07, 6.45) is 0. The summed E-state index contributed by atoms with van der Waals surface area (Å²) in [6.45, 7) is 6.32. The van der Waals surface area contributed by atoms with E-state index >= 15 is 0 Å². The fourth-order valence-electron chi connectivity index (χ4n) is 3.78. The average Bonchev–Trinajstić information content (AvgIpc) is 3.00. The predicted octanol–water partition coefficient (Wildman–Crippen LogP) is 2.56. The zero-order valence-corrected chi connectivity index (χ0v) is 14.8. The molecule has 4 nitrogen and oxygen atoms in total. The first-order valence-electron chi connectivity index (χ1n) is 8.47. The smallest absolute Gasteiger partial charge is 0.230 e. The Morgan fingerprint density at radius 1 is 0.667 bits per heavy atom. The highest BCUT2D eigenvalue weighted by Crippen LogP contribution is 2.16. The van der Waals surface area contributed by atoms with Crippen LogP contribution < -0.4 is 9.13 Å². The Balaban J connectivity index is 1.77. The monoisotopic (exact) mass is 320 g/mol. The Kier molecular flexibility index (Phi) is 3.41. The SMILES string of the molecule is Cc1n(CCn2c(C)[n+](C)c3ccccc32)c2ccccc2[n+]1C. The number of hydrogen-bond acceptors (Lipinski definition) is 0. The number of benzene rings is 2. The van der Waals surface area contributed by atoms with Gasteiger partial charge in [-0.25, -0.2) is 18.3 Å². The standard InChI is InChI=1S/C20H24N4/c1-15-21(3)17-9-5-7-11-19(17)23(15)13-14-24-16(2)22(4)18-10-6-8-12-20(18)24/h5-12H,13-14H2,1-4H3/q+2. The van der Waals surface area contributed by atoms with Gasteiger partial charge in [0.2, 0.25) is 0 Å². The third-order valence-corrected chi connectivity index (χ3v) is 5.37. The average molecular weight is 320 g/mol. The van der Waals surface area contributed by atoms with Crippen LogP contribution in [-0.4, -0.2) is 9.13 Å². The van der Waals surface area contributed by atoms with Crippen LogP contribution in [0.1, 0.15) is 11.6 Å². The van der Waals surface area contributed by atoms with Gasteiger partial charge in [-0.1, -0.05) is 24.3 Å². The maximum absolute atomic E-state index is 2.42. The zero-order chi connectivity index (χ0) is 16.8. The second-order valence-electron chi connectivity index (χ2n) is 6.49. The van der Waals surface area contributed by atoms with Crippen molar-refractivity contribution >= 4 is 22.1 Å². The molecule has 4 rings (SSSR count). The molecule has 2 aromatic heterocycles. The minimum absolute atomic E-state index is 0.965. The van der Waals surface area contributed by atoms with Crippen molar-refractivity contribution in [1.82, 2.24) is 9.13 Å². The van der Waals surface area contributed by atoms with Crippen LogP contribution in [0.4, 0.5) is 0 Å². The molecule has 0 spiro atoms. The maximum atomic E-state index is 2.42. The van der Waals surface area contributed by atoms with Crippen LogP contribution in [0, 0.1) is 13.8 Å². The molecule has 0 amide bonds. The van der Waals surface area contributed by atoms with Gasteiger partial charge in [-0.3, -0.25) is 0 Å². The molecule has 0 aliphatic rings. The summed E-state index contributed by atoms with van der Waals surface area (Å²) in [4.78, 5) is 0. The minimum atomic E-state index is 0.965.